The van der Waals surface area contributed by atoms with Gasteiger partial charge in [0.25, 0.3) is 5.91 Å². The van der Waals surface area contributed by atoms with E-state index in [1.54, 1.807) is 14.2 Å². The van der Waals surface area contributed by atoms with Gasteiger partial charge in [0.15, 0.2) is 11.5 Å². The maximum atomic E-state index is 12.2. The van der Waals surface area contributed by atoms with Crippen molar-refractivity contribution in [3.63, 3.8) is 0 Å². The Morgan fingerprint density at radius 3 is 2.52 bits per heavy atom. The molecule has 0 aromatic heterocycles. The maximum Gasteiger partial charge on any atom is 0.258 e. The van der Waals surface area contributed by atoms with Crippen LogP contribution in [0.25, 0.3) is 0 Å². The molecule has 148 valence electrons. The van der Waals surface area contributed by atoms with Gasteiger partial charge in [0, 0.05) is 0 Å². The molecule has 2 fully saturated rings. The summed E-state index contributed by atoms with van der Waals surface area (Å²) < 4.78 is 16.6. The quantitative estimate of drug-likeness (QED) is 0.728. The van der Waals surface area contributed by atoms with Gasteiger partial charge in [0.1, 0.15) is 6.10 Å². The second kappa shape index (κ2) is 8.71. The smallest absolute Gasteiger partial charge is 0.258 e. The molecule has 0 radical (unpaired) electrons. The highest BCUT2D eigenvalue weighted by Gasteiger charge is 2.44. The number of likely N-dealkylation sites (tertiary alicyclic amines) is 1. The summed E-state index contributed by atoms with van der Waals surface area (Å²) in [6.07, 6.45) is 2.68. The molecule has 7 nitrogen and oxygen atoms in total. The van der Waals surface area contributed by atoms with Gasteiger partial charge in [-0.05, 0) is 37.0 Å². The Hall–Kier alpha value is -2.12. The molecule has 1 N–H and O–H groups in total. The van der Waals surface area contributed by atoms with Crippen LogP contribution in [0.2, 0.25) is 0 Å². The van der Waals surface area contributed by atoms with Crippen molar-refractivity contribution in [2.45, 2.75) is 56.8 Å². The molecule has 2 amide bonds. The summed E-state index contributed by atoms with van der Waals surface area (Å²) in [7, 11) is 3.20. The van der Waals surface area contributed by atoms with Crippen LogP contribution < -0.4 is 9.47 Å². The zero-order valence-electron chi connectivity index (χ0n) is 15.8. The second-order valence-corrected chi connectivity index (χ2v) is 7.02. The SMILES string of the molecule is COc1ccc(CCO[C@@H]2CCCC[C@H]2N2C(=O)C[C@@H](O)C2=O)cc1OC. The van der Waals surface area contributed by atoms with E-state index in [1.807, 2.05) is 18.2 Å². The van der Waals surface area contributed by atoms with Crippen molar-refractivity contribution < 1.29 is 28.9 Å². The molecular formula is C20H27NO6. The number of amides is 2. The normalized spacial score (nSPS) is 25.7. The topological polar surface area (TPSA) is 85.3 Å². The van der Waals surface area contributed by atoms with Crippen LogP contribution in [0, 0.1) is 0 Å². The molecule has 2 aliphatic rings. The average Bonchev–Trinajstić information content (AvgIpc) is 2.93. The minimum atomic E-state index is -1.20. The summed E-state index contributed by atoms with van der Waals surface area (Å²) in [6.45, 7) is 0.482. The third-order valence-electron chi connectivity index (χ3n) is 5.33. The first-order valence-corrected chi connectivity index (χ1v) is 9.41. The number of ether oxygens (including phenoxy) is 3. The Labute approximate surface area is 159 Å². The molecule has 3 rings (SSSR count). The predicted octanol–water partition coefficient (Wildman–Crippen LogP) is 1.69. The van der Waals surface area contributed by atoms with E-state index in [0.717, 1.165) is 31.2 Å². The first-order chi connectivity index (χ1) is 13.0. The number of hydrogen-bond donors (Lipinski definition) is 1. The second-order valence-electron chi connectivity index (χ2n) is 7.02. The molecule has 3 atom stereocenters. The number of carbonyl (C=O) groups is 2. The zero-order valence-corrected chi connectivity index (χ0v) is 15.8. The van der Waals surface area contributed by atoms with Crippen molar-refractivity contribution in [2.75, 3.05) is 20.8 Å². The molecule has 1 aliphatic heterocycles. The standard InChI is InChI=1S/C20H27NO6/c1-25-17-8-7-13(11-18(17)26-2)9-10-27-16-6-4-3-5-14(16)21-19(23)12-15(22)20(21)24/h7-8,11,14-16,22H,3-6,9-10,12H2,1-2H3/t14-,15-,16-/m1/s1. The van der Waals surface area contributed by atoms with Gasteiger partial charge in [-0.1, -0.05) is 18.9 Å². The lowest BCUT2D eigenvalue weighted by molar-refractivity contribution is -0.149. The van der Waals surface area contributed by atoms with Crippen molar-refractivity contribution in [3.8, 4) is 11.5 Å². The monoisotopic (exact) mass is 377 g/mol. The third kappa shape index (κ3) is 4.25. The van der Waals surface area contributed by atoms with Crippen molar-refractivity contribution in [1.29, 1.82) is 0 Å². The lowest BCUT2D eigenvalue weighted by Crippen LogP contribution is -2.50. The fraction of sp³-hybridized carbons (Fsp3) is 0.600. The highest BCUT2D eigenvalue weighted by atomic mass is 16.5. The highest BCUT2D eigenvalue weighted by molar-refractivity contribution is 6.05. The van der Waals surface area contributed by atoms with E-state index in [9.17, 15) is 14.7 Å². The summed E-state index contributed by atoms with van der Waals surface area (Å²) in [5, 5.41) is 9.70. The van der Waals surface area contributed by atoms with E-state index in [-0.39, 0.29) is 24.5 Å². The number of nitrogens with zero attached hydrogens (tertiary/aromatic N) is 1. The summed E-state index contributed by atoms with van der Waals surface area (Å²) in [5.41, 5.74) is 1.06. The van der Waals surface area contributed by atoms with Crippen LogP contribution in [0.3, 0.4) is 0 Å². The summed E-state index contributed by atoms with van der Waals surface area (Å²) >= 11 is 0. The van der Waals surface area contributed by atoms with Crippen LogP contribution in [0.15, 0.2) is 18.2 Å². The largest absolute Gasteiger partial charge is 0.493 e. The zero-order chi connectivity index (χ0) is 19.4. The van der Waals surface area contributed by atoms with Crippen LogP contribution in [0.5, 0.6) is 11.5 Å². The lowest BCUT2D eigenvalue weighted by Gasteiger charge is -2.36. The van der Waals surface area contributed by atoms with Crippen LogP contribution >= 0.6 is 0 Å². The van der Waals surface area contributed by atoms with E-state index in [4.69, 9.17) is 14.2 Å². The Morgan fingerprint density at radius 2 is 1.85 bits per heavy atom. The molecule has 1 saturated heterocycles. The van der Waals surface area contributed by atoms with Crippen LogP contribution in [-0.2, 0) is 20.7 Å². The fourth-order valence-electron chi connectivity index (χ4n) is 3.91. The van der Waals surface area contributed by atoms with Gasteiger partial charge in [-0.3, -0.25) is 14.5 Å². The number of carbonyl (C=O) groups excluding carboxylic acids is 2. The van der Waals surface area contributed by atoms with Gasteiger partial charge in [-0.25, -0.2) is 0 Å². The van der Waals surface area contributed by atoms with E-state index < -0.39 is 12.0 Å². The average molecular weight is 377 g/mol. The van der Waals surface area contributed by atoms with Crippen molar-refractivity contribution in [3.05, 3.63) is 23.8 Å². The van der Waals surface area contributed by atoms with Gasteiger partial charge in [-0.2, -0.15) is 0 Å². The van der Waals surface area contributed by atoms with Gasteiger partial charge < -0.3 is 19.3 Å². The fourth-order valence-corrected chi connectivity index (χ4v) is 3.91. The van der Waals surface area contributed by atoms with Gasteiger partial charge in [0.05, 0.1) is 39.4 Å². The molecule has 27 heavy (non-hydrogen) atoms. The first-order valence-electron chi connectivity index (χ1n) is 9.41. The number of aliphatic hydroxyl groups is 1. The molecule has 1 aromatic rings. The Morgan fingerprint density at radius 1 is 1.11 bits per heavy atom. The number of imide groups is 1. The number of rotatable bonds is 7. The molecule has 0 spiro atoms. The molecule has 1 aliphatic carbocycles. The van der Waals surface area contributed by atoms with E-state index >= 15 is 0 Å². The maximum absolute atomic E-state index is 12.2. The number of aliphatic hydroxyl groups excluding tert-OH is 1. The van der Waals surface area contributed by atoms with Gasteiger partial charge >= 0.3 is 0 Å². The minimum Gasteiger partial charge on any atom is -0.493 e. The third-order valence-corrected chi connectivity index (χ3v) is 5.33. The molecule has 1 saturated carbocycles. The van der Waals surface area contributed by atoms with Crippen molar-refractivity contribution in [1.82, 2.24) is 4.90 Å². The van der Waals surface area contributed by atoms with Gasteiger partial charge in [0.2, 0.25) is 5.91 Å². The van der Waals surface area contributed by atoms with Crippen LogP contribution in [0.4, 0.5) is 0 Å². The molecule has 1 aromatic carbocycles. The summed E-state index contributed by atoms with van der Waals surface area (Å²) in [6, 6.07) is 5.47. The Bertz CT molecular complexity index is 691. The Balaban J connectivity index is 1.61. The van der Waals surface area contributed by atoms with E-state index in [1.165, 1.54) is 4.90 Å². The van der Waals surface area contributed by atoms with E-state index in [0.29, 0.717) is 24.5 Å². The summed E-state index contributed by atoms with van der Waals surface area (Å²) in [4.78, 5) is 25.5. The first kappa shape index (κ1) is 19.6. The van der Waals surface area contributed by atoms with E-state index in [2.05, 4.69) is 0 Å². The number of methoxy groups -OCH3 is 2. The molecule has 0 unspecified atom stereocenters. The number of benzene rings is 1. The highest BCUT2D eigenvalue weighted by Crippen LogP contribution is 2.30. The van der Waals surface area contributed by atoms with Crippen LogP contribution in [0.1, 0.15) is 37.7 Å². The Kier molecular flexibility index (Phi) is 6.34. The van der Waals surface area contributed by atoms with Gasteiger partial charge in [-0.15, -0.1) is 0 Å². The lowest BCUT2D eigenvalue weighted by atomic mass is 9.91. The van der Waals surface area contributed by atoms with Crippen LogP contribution in [-0.4, -0.2) is 60.9 Å². The molecular weight excluding hydrogens is 350 g/mol. The summed E-state index contributed by atoms with van der Waals surface area (Å²) in [5.74, 6) is 0.570. The molecule has 7 heteroatoms. The molecule has 0 bridgehead atoms. The minimum absolute atomic E-state index is 0.117. The number of hydrogen-bond acceptors (Lipinski definition) is 6. The van der Waals surface area contributed by atoms with Crippen molar-refractivity contribution >= 4 is 11.8 Å². The molecule has 1 heterocycles. The predicted molar refractivity (Wildman–Crippen MR) is 97.7 cm³/mol. The van der Waals surface area contributed by atoms with Crippen molar-refractivity contribution in [2.24, 2.45) is 0 Å².